The molecule has 2 heteroatoms. The van der Waals surface area contributed by atoms with Crippen LogP contribution in [-0.2, 0) is 0 Å². The lowest BCUT2D eigenvalue weighted by Crippen LogP contribution is -2.52. The molecule has 0 bridgehead atoms. The van der Waals surface area contributed by atoms with Gasteiger partial charge in [0, 0.05) is 18.1 Å². The molecule has 0 unspecified atom stereocenters. The number of nitrogens with two attached hydrogens (primary N) is 1. The van der Waals surface area contributed by atoms with Crippen LogP contribution in [0.25, 0.3) is 0 Å². The van der Waals surface area contributed by atoms with Gasteiger partial charge in [-0.2, -0.15) is 0 Å². The second-order valence-corrected chi connectivity index (χ2v) is 5.17. The molecule has 0 heterocycles. The molecular weight excluding hydrogens is 172 g/mol. The van der Waals surface area contributed by atoms with Crippen molar-refractivity contribution in [3.05, 3.63) is 0 Å². The molecule has 0 aromatic carbocycles. The van der Waals surface area contributed by atoms with Crippen LogP contribution in [0.5, 0.6) is 0 Å². The van der Waals surface area contributed by atoms with Crippen molar-refractivity contribution in [1.82, 2.24) is 5.32 Å². The quantitative estimate of drug-likeness (QED) is 0.726. The topological polar surface area (TPSA) is 38.0 Å². The molecule has 82 valence electrons. The average Bonchev–Trinajstić information content (AvgIpc) is 2.94. The van der Waals surface area contributed by atoms with Crippen LogP contribution in [0.1, 0.15) is 57.8 Å². The van der Waals surface area contributed by atoms with E-state index in [-0.39, 0.29) is 0 Å². The predicted octanol–water partition coefficient (Wildman–Crippen LogP) is 2.18. The summed E-state index contributed by atoms with van der Waals surface area (Å²) in [6.45, 7) is 0.837. The Morgan fingerprint density at radius 2 is 1.57 bits per heavy atom. The SMILES string of the molecule is NCC1(NC2CC2)CCCCCCC1. The second-order valence-electron chi connectivity index (χ2n) is 5.17. The standard InChI is InChI=1S/C12H24N2/c13-10-12(14-11-6-7-11)8-4-2-1-3-5-9-12/h11,14H,1-10,13H2. The molecule has 2 aliphatic rings. The maximum Gasteiger partial charge on any atom is 0.0306 e. The molecule has 2 nitrogen and oxygen atoms in total. The zero-order valence-electron chi connectivity index (χ0n) is 9.23. The van der Waals surface area contributed by atoms with Gasteiger partial charge in [-0.3, -0.25) is 0 Å². The van der Waals surface area contributed by atoms with Crippen molar-refractivity contribution in [2.75, 3.05) is 6.54 Å². The Balaban J connectivity index is 1.90. The van der Waals surface area contributed by atoms with Gasteiger partial charge in [0.25, 0.3) is 0 Å². The van der Waals surface area contributed by atoms with Gasteiger partial charge in [0.15, 0.2) is 0 Å². The van der Waals surface area contributed by atoms with E-state index >= 15 is 0 Å². The lowest BCUT2D eigenvalue weighted by atomic mass is 9.84. The summed E-state index contributed by atoms with van der Waals surface area (Å²) in [4.78, 5) is 0. The zero-order chi connectivity index (χ0) is 9.86. The van der Waals surface area contributed by atoms with Crippen molar-refractivity contribution in [2.45, 2.75) is 69.4 Å². The lowest BCUT2D eigenvalue weighted by Gasteiger charge is -2.35. The first-order chi connectivity index (χ1) is 6.85. The Kier molecular flexibility index (Phi) is 3.45. The van der Waals surface area contributed by atoms with Gasteiger partial charge < -0.3 is 11.1 Å². The predicted molar refractivity (Wildman–Crippen MR) is 60.3 cm³/mol. The molecule has 2 rings (SSSR count). The molecule has 0 spiro atoms. The smallest absolute Gasteiger partial charge is 0.0306 e. The van der Waals surface area contributed by atoms with Gasteiger partial charge in [-0.05, 0) is 25.7 Å². The summed E-state index contributed by atoms with van der Waals surface area (Å²) < 4.78 is 0. The summed E-state index contributed by atoms with van der Waals surface area (Å²) >= 11 is 0. The van der Waals surface area contributed by atoms with E-state index in [0.29, 0.717) is 5.54 Å². The molecule has 3 N–H and O–H groups in total. The summed E-state index contributed by atoms with van der Waals surface area (Å²) in [7, 11) is 0. The highest BCUT2D eigenvalue weighted by Crippen LogP contribution is 2.30. The van der Waals surface area contributed by atoms with Crippen molar-refractivity contribution in [1.29, 1.82) is 0 Å². The first kappa shape index (κ1) is 10.4. The lowest BCUT2D eigenvalue weighted by molar-refractivity contribution is 0.254. The fourth-order valence-electron chi connectivity index (χ4n) is 2.65. The number of rotatable bonds is 3. The Morgan fingerprint density at radius 1 is 1.00 bits per heavy atom. The monoisotopic (exact) mass is 196 g/mol. The summed E-state index contributed by atoms with van der Waals surface area (Å²) in [5, 5.41) is 3.80. The maximum absolute atomic E-state index is 5.97. The molecular formula is C12H24N2. The molecule has 0 saturated heterocycles. The van der Waals surface area contributed by atoms with Gasteiger partial charge in [-0.1, -0.05) is 32.1 Å². The minimum Gasteiger partial charge on any atom is -0.329 e. The van der Waals surface area contributed by atoms with E-state index in [9.17, 15) is 0 Å². The van der Waals surface area contributed by atoms with Crippen molar-refractivity contribution in [2.24, 2.45) is 5.73 Å². The van der Waals surface area contributed by atoms with E-state index in [1.807, 2.05) is 0 Å². The van der Waals surface area contributed by atoms with Gasteiger partial charge in [-0.25, -0.2) is 0 Å². The Morgan fingerprint density at radius 3 is 2.07 bits per heavy atom. The van der Waals surface area contributed by atoms with Gasteiger partial charge in [-0.15, -0.1) is 0 Å². The molecule has 2 fully saturated rings. The van der Waals surface area contributed by atoms with Crippen LogP contribution in [0.3, 0.4) is 0 Å². The molecule has 0 radical (unpaired) electrons. The fourth-order valence-corrected chi connectivity index (χ4v) is 2.65. The highest BCUT2D eigenvalue weighted by atomic mass is 15.1. The van der Waals surface area contributed by atoms with Crippen LogP contribution in [-0.4, -0.2) is 18.1 Å². The van der Waals surface area contributed by atoms with Gasteiger partial charge in [0.2, 0.25) is 0 Å². The number of hydrogen-bond donors (Lipinski definition) is 2. The maximum atomic E-state index is 5.97. The van der Waals surface area contributed by atoms with Gasteiger partial charge >= 0.3 is 0 Å². The minimum atomic E-state index is 0.307. The summed E-state index contributed by atoms with van der Waals surface area (Å²) in [6, 6.07) is 0.804. The van der Waals surface area contributed by atoms with Crippen LogP contribution >= 0.6 is 0 Å². The van der Waals surface area contributed by atoms with Crippen LogP contribution < -0.4 is 11.1 Å². The molecule has 2 saturated carbocycles. The van der Waals surface area contributed by atoms with Crippen molar-refractivity contribution < 1.29 is 0 Å². The largest absolute Gasteiger partial charge is 0.329 e. The summed E-state index contributed by atoms with van der Waals surface area (Å²) in [5.74, 6) is 0. The van der Waals surface area contributed by atoms with Crippen molar-refractivity contribution in [3.8, 4) is 0 Å². The molecule has 2 aliphatic carbocycles. The van der Waals surface area contributed by atoms with E-state index in [2.05, 4.69) is 5.32 Å². The second kappa shape index (κ2) is 4.63. The Hall–Kier alpha value is -0.0800. The minimum absolute atomic E-state index is 0.307. The van der Waals surface area contributed by atoms with E-state index in [1.165, 1.54) is 57.8 Å². The molecule has 0 aliphatic heterocycles. The number of hydrogen-bond acceptors (Lipinski definition) is 2. The normalized spacial score (nSPS) is 28.1. The fraction of sp³-hybridized carbons (Fsp3) is 1.00. The van der Waals surface area contributed by atoms with Crippen LogP contribution in [0.15, 0.2) is 0 Å². The van der Waals surface area contributed by atoms with Gasteiger partial charge in [0.1, 0.15) is 0 Å². The highest BCUT2D eigenvalue weighted by Gasteiger charge is 2.34. The first-order valence-corrected chi connectivity index (χ1v) is 6.32. The first-order valence-electron chi connectivity index (χ1n) is 6.32. The molecule has 0 aromatic rings. The van der Waals surface area contributed by atoms with Crippen molar-refractivity contribution >= 4 is 0 Å². The Labute approximate surface area is 87.6 Å². The van der Waals surface area contributed by atoms with Crippen LogP contribution in [0.4, 0.5) is 0 Å². The van der Waals surface area contributed by atoms with E-state index < -0.39 is 0 Å². The van der Waals surface area contributed by atoms with E-state index in [0.717, 1.165) is 12.6 Å². The van der Waals surface area contributed by atoms with Crippen LogP contribution in [0, 0.1) is 0 Å². The van der Waals surface area contributed by atoms with E-state index in [1.54, 1.807) is 0 Å². The molecule has 0 atom stereocenters. The Bertz CT molecular complexity index is 167. The third kappa shape index (κ3) is 2.71. The van der Waals surface area contributed by atoms with Crippen molar-refractivity contribution in [3.63, 3.8) is 0 Å². The van der Waals surface area contributed by atoms with E-state index in [4.69, 9.17) is 5.73 Å². The summed E-state index contributed by atoms with van der Waals surface area (Å²) in [5.41, 5.74) is 6.28. The average molecular weight is 196 g/mol. The van der Waals surface area contributed by atoms with Gasteiger partial charge in [0.05, 0.1) is 0 Å². The van der Waals surface area contributed by atoms with Crippen LogP contribution in [0.2, 0.25) is 0 Å². The molecule has 14 heavy (non-hydrogen) atoms. The molecule has 0 amide bonds. The molecule has 0 aromatic heterocycles. The third-order valence-electron chi connectivity index (χ3n) is 3.79. The third-order valence-corrected chi connectivity index (χ3v) is 3.79. The highest BCUT2D eigenvalue weighted by molar-refractivity contribution is 4.96. The number of nitrogens with one attached hydrogen (secondary N) is 1. The zero-order valence-corrected chi connectivity index (χ0v) is 9.23. The summed E-state index contributed by atoms with van der Waals surface area (Å²) in [6.07, 6.45) is 12.4.